The molecule has 0 saturated carbocycles. The molecule has 0 unspecified atom stereocenters. The number of benzene rings is 2. The third-order valence-corrected chi connectivity index (χ3v) is 7.51. The number of rotatable bonds is 6. The largest absolute Gasteiger partial charge is 0.490 e. The molecule has 7 nitrogen and oxygen atoms in total. The van der Waals surface area contributed by atoms with E-state index in [1.807, 2.05) is 51.2 Å². The first kappa shape index (κ1) is 21.4. The van der Waals surface area contributed by atoms with Crippen LogP contribution in [-0.2, 0) is 16.6 Å². The number of para-hydroxylation sites is 1. The Morgan fingerprint density at radius 2 is 1.97 bits per heavy atom. The van der Waals surface area contributed by atoms with Crippen molar-refractivity contribution in [3.05, 3.63) is 54.1 Å². The van der Waals surface area contributed by atoms with Gasteiger partial charge in [-0.3, -0.25) is 0 Å². The maximum absolute atomic E-state index is 13.6. The van der Waals surface area contributed by atoms with Crippen molar-refractivity contribution >= 4 is 26.6 Å². The molecule has 0 spiro atoms. The Balaban J connectivity index is 1.73. The first-order chi connectivity index (χ1) is 14.8. The Bertz CT molecular complexity index is 1210. The van der Waals surface area contributed by atoms with Gasteiger partial charge in [-0.15, -0.1) is 0 Å². The molecule has 0 aliphatic carbocycles. The Morgan fingerprint density at radius 3 is 2.71 bits per heavy atom. The van der Waals surface area contributed by atoms with Crippen LogP contribution in [0, 0.1) is 0 Å². The first-order valence-corrected chi connectivity index (χ1v) is 11.7. The average Bonchev–Trinajstić information content (AvgIpc) is 2.76. The zero-order valence-electron chi connectivity index (χ0n) is 18.2. The smallest absolute Gasteiger partial charge is 0.243 e. The molecule has 0 bridgehead atoms. The minimum atomic E-state index is -3.78. The van der Waals surface area contributed by atoms with Gasteiger partial charge < -0.3 is 14.4 Å². The van der Waals surface area contributed by atoms with Crippen molar-refractivity contribution in [1.29, 1.82) is 0 Å². The van der Waals surface area contributed by atoms with E-state index in [4.69, 9.17) is 9.47 Å². The van der Waals surface area contributed by atoms with Crippen LogP contribution in [-0.4, -0.2) is 51.1 Å². The molecule has 1 aliphatic heterocycles. The highest BCUT2D eigenvalue weighted by Crippen LogP contribution is 2.35. The molecule has 2 aromatic carbocycles. The van der Waals surface area contributed by atoms with Gasteiger partial charge in [0, 0.05) is 36.7 Å². The SMILES string of the molecule is COc1nc2ccccc2cc1CN(C(C)C)S(=O)(=O)c1ccc2c(c1)OCCN2C. The number of nitrogens with zero attached hydrogens (tertiary/aromatic N) is 3. The Labute approximate surface area is 183 Å². The first-order valence-electron chi connectivity index (χ1n) is 10.2. The van der Waals surface area contributed by atoms with Crippen molar-refractivity contribution in [2.45, 2.75) is 31.3 Å². The number of hydrogen-bond acceptors (Lipinski definition) is 6. The highest BCUT2D eigenvalue weighted by Gasteiger charge is 2.30. The molecule has 1 aliphatic rings. The molecule has 0 radical (unpaired) electrons. The zero-order valence-corrected chi connectivity index (χ0v) is 19.0. The molecule has 0 atom stereocenters. The number of pyridine rings is 1. The molecule has 8 heteroatoms. The number of anilines is 1. The molecule has 2 heterocycles. The van der Waals surface area contributed by atoms with Crippen LogP contribution in [0.1, 0.15) is 19.4 Å². The van der Waals surface area contributed by atoms with Gasteiger partial charge in [0.05, 0.1) is 29.8 Å². The molecule has 1 aromatic heterocycles. The molecule has 0 N–H and O–H groups in total. The standard InChI is InChI=1S/C23H27N3O4S/c1-16(2)26(15-18-13-17-7-5-6-8-20(17)24-23(18)29-4)31(27,28)19-9-10-21-22(14-19)30-12-11-25(21)3/h5-10,13-14,16H,11-12,15H2,1-4H3. The van der Waals surface area contributed by atoms with E-state index in [0.29, 0.717) is 23.8 Å². The fraction of sp³-hybridized carbons (Fsp3) is 0.348. The maximum Gasteiger partial charge on any atom is 0.243 e. The molecule has 0 amide bonds. The van der Waals surface area contributed by atoms with Gasteiger partial charge in [0.25, 0.3) is 0 Å². The average molecular weight is 442 g/mol. The summed E-state index contributed by atoms with van der Waals surface area (Å²) in [6, 6.07) is 14.4. The van der Waals surface area contributed by atoms with Crippen molar-refractivity contribution in [3.63, 3.8) is 0 Å². The molecule has 4 rings (SSSR count). The minimum absolute atomic E-state index is 0.152. The summed E-state index contributed by atoms with van der Waals surface area (Å²) in [6.45, 7) is 5.17. The monoisotopic (exact) mass is 441 g/mol. The molecule has 0 saturated heterocycles. The number of aromatic nitrogens is 1. The summed E-state index contributed by atoms with van der Waals surface area (Å²) < 4.78 is 39.9. The Hall–Kier alpha value is -2.84. The summed E-state index contributed by atoms with van der Waals surface area (Å²) in [5, 5.41) is 0.935. The zero-order chi connectivity index (χ0) is 22.2. The van der Waals surface area contributed by atoms with Crippen molar-refractivity contribution in [2.24, 2.45) is 0 Å². The van der Waals surface area contributed by atoms with E-state index in [1.165, 1.54) is 4.31 Å². The Morgan fingerprint density at radius 1 is 1.19 bits per heavy atom. The van der Waals surface area contributed by atoms with E-state index in [1.54, 1.807) is 25.3 Å². The molecule has 3 aromatic rings. The van der Waals surface area contributed by atoms with Crippen molar-refractivity contribution < 1.29 is 17.9 Å². The van der Waals surface area contributed by atoms with Crippen LogP contribution >= 0.6 is 0 Å². The number of hydrogen-bond donors (Lipinski definition) is 0. The number of likely N-dealkylation sites (N-methyl/N-ethyl adjacent to an activating group) is 1. The predicted molar refractivity (Wildman–Crippen MR) is 121 cm³/mol. The summed E-state index contributed by atoms with van der Waals surface area (Å²) in [6.07, 6.45) is 0. The summed E-state index contributed by atoms with van der Waals surface area (Å²) >= 11 is 0. The highest BCUT2D eigenvalue weighted by atomic mass is 32.2. The van der Waals surface area contributed by atoms with Crippen LogP contribution in [0.5, 0.6) is 11.6 Å². The fourth-order valence-corrected chi connectivity index (χ4v) is 5.41. The van der Waals surface area contributed by atoms with Crippen LogP contribution < -0.4 is 14.4 Å². The predicted octanol–water partition coefficient (Wildman–Crippen LogP) is 3.67. The molecule has 31 heavy (non-hydrogen) atoms. The van der Waals surface area contributed by atoms with Crippen LogP contribution in [0.15, 0.2) is 53.4 Å². The molecule has 0 fully saturated rings. The van der Waals surface area contributed by atoms with E-state index in [2.05, 4.69) is 9.88 Å². The van der Waals surface area contributed by atoms with Crippen LogP contribution in [0.2, 0.25) is 0 Å². The summed E-state index contributed by atoms with van der Waals surface area (Å²) in [7, 11) is -0.261. The third kappa shape index (κ3) is 4.05. The van der Waals surface area contributed by atoms with E-state index in [-0.39, 0.29) is 17.5 Å². The van der Waals surface area contributed by atoms with Gasteiger partial charge >= 0.3 is 0 Å². The lowest BCUT2D eigenvalue weighted by molar-refractivity contribution is 0.309. The van der Waals surface area contributed by atoms with Gasteiger partial charge in [-0.1, -0.05) is 18.2 Å². The fourth-order valence-electron chi connectivity index (χ4n) is 3.78. The lowest BCUT2D eigenvalue weighted by Crippen LogP contribution is -2.36. The number of sulfonamides is 1. The van der Waals surface area contributed by atoms with Crippen LogP contribution in [0.3, 0.4) is 0 Å². The second-order valence-electron chi connectivity index (χ2n) is 7.89. The Kier molecular flexibility index (Phi) is 5.77. The van der Waals surface area contributed by atoms with E-state index in [0.717, 1.165) is 23.1 Å². The number of ether oxygens (including phenoxy) is 2. The van der Waals surface area contributed by atoms with Gasteiger partial charge in [0.1, 0.15) is 12.4 Å². The summed E-state index contributed by atoms with van der Waals surface area (Å²) in [4.78, 5) is 6.83. The van der Waals surface area contributed by atoms with Crippen molar-refractivity contribution in [1.82, 2.24) is 9.29 Å². The molecular formula is C23H27N3O4S. The van der Waals surface area contributed by atoms with Crippen LogP contribution in [0.25, 0.3) is 10.9 Å². The maximum atomic E-state index is 13.6. The van der Waals surface area contributed by atoms with Gasteiger partial charge in [0.2, 0.25) is 15.9 Å². The minimum Gasteiger partial charge on any atom is -0.490 e. The van der Waals surface area contributed by atoms with Crippen LogP contribution in [0.4, 0.5) is 5.69 Å². The van der Waals surface area contributed by atoms with Gasteiger partial charge in [-0.05, 0) is 38.1 Å². The topological polar surface area (TPSA) is 72.0 Å². The van der Waals surface area contributed by atoms with E-state index >= 15 is 0 Å². The summed E-state index contributed by atoms with van der Waals surface area (Å²) in [5.41, 5.74) is 2.41. The van der Waals surface area contributed by atoms with Crippen molar-refractivity contribution in [3.8, 4) is 11.6 Å². The van der Waals surface area contributed by atoms with Crippen molar-refractivity contribution in [2.75, 3.05) is 32.2 Å². The second kappa shape index (κ2) is 8.36. The third-order valence-electron chi connectivity index (χ3n) is 5.49. The lowest BCUT2D eigenvalue weighted by Gasteiger charge is -2.30. The molecule has 164 valence electrons. The highest BCUT2D eigenvalue weighted by molar-refractivity contribution is 7.89. The van der Waals surface area contributed by atoms with E-state index < -0.39 is 10.0 Å². The quantitative estimate of drug-likeness (QED) is 0.581. The summed E-state index contributed by atoms with van der Waals surface area (Å²) in [5.74, 6) is 1.01. The van der Waals surface area contributed by atoms with Gasteiger partial charge in [-0.2, -0.15) is 4.31 Å². The number of methoxy groups -OCH3 is 1. The normalized spacial score (nSPS) is 14.1. The molecular weight excluding hydrogens is 414 g/mol. The number of fused-ring (bicyclic) bond motifs is 2. The van der Waals surface area contributed by atoms with Gasteiger partial charge in [-0.25, -0.2) is 13.4 Å². The lowest BCUT2D eigenvalue weighted by atomic mass is 10.1. The second-order valence-corrected chi connectivity index (χ2v) is 9.78. The van der Waals surface area contributed by atoms with E-state index in [9.17, 15) is 8.42 Å². The van der Waals surface area contributed by atoms with Gasteiger partial charge in [0.15, 0.2) is 0 Å².